The second-order valence-electron chi connectivity index (χ2n) is 13.6. The Hall–Kier alpha value is -3.66. The molecule has 1 atom stereocenters. The second-order valence-corrected chi connectivity index (χ2v) is 13.6. The van der Waals surface area contributed by atoms with Crippen molar-refractivity contribution in [3.05, 3.63) is 47.5 Å². The molecule has 0 aromatic heterocycles. The number of piperidine rings is 3. The van der Waals surface area contributed by atoms with Gasteiger partial charge in [-0.2, -0.15) is 0 Å². The summed E-state index contributed by atoms with van der Waals surface area (Å²) >= 11 is 0. The molecule has 0 bridgehead atoms. The van der Waals surface area contributed by atoms with Crippen LogP contribution in [0.5, 0.6) is 5.75 Å². The SMILES string of the molecule is Bc1cc(C[C@@H](OC(=O)N2CCC(N3CCc4ccccc4NC3=O)CC2)C(=O)N2CCC(N3CCCCC3)CC2)cc(B)c1O. The van der Waals surface area contributed by atoms with Crippen molar-refractivity contribution >= 4 is 50.3 Å². The predicted molar refractivity (Wildman–Crippen MR) is 184 cm³/mol. The van der Waals surface area contributed by atoms with Crippen LogP contribution in [0.1, 0.15) is 56.1 Å². The molecule has 2 N–H and O–H groups in total. The Morgan fingerprint density at radius 2 is 1.50 bits per heavy atom. The van der Waals surface area contributed by atoms with Gasteiger partial charge in [-0.15, -0.1) is 0 Å². The number of phenolic OH excluding ortho intramolecular Hbond substituents is 1. The van der Waals surface area contributed by atoms with Crippen LogP contribution in [0, 0.1) is 0 Å². The van der Waals surface area contributed by atoms with Gasteiger partial charge < -0.3 is 34.8 Å². The zero-order chi connectivity index (χ0) is 32.2. The lowest BCUT2D eigenvalue weighted by atomic mass is 9.83. The summed E-state index contributed by atoms with van der Waals surface area (Å²) in [6.45, 7) is 5.16. The third kappa shape index (κ3) is 7.32. The van der Waals surface area contributed by atoms with E-state index in [1.54, 1.807) is 4.90 Å². The first-order chi connectivity index (χ1) is 22.3. The van der Waals surface area contributed by atoms with E-state index in [-0.39, 0.29) is 30.2 Å². The quantitative estimate of drug-likeness (QED) is 0.464. The van der Waals surface area contributed by atoms with Crippen LogP contribution in [0.15, 0.2) is 36.4 Å². The number of para-hydroxylation sites is 1. The summed E-state index contributed by atoms with van der Waals surface area (Å²) in [7, 11) is 3.68. The van der Waals surface area contributed by atoms with Crippen molar-refractivity contribution in [2.45, 2.75) is 76.0 Å². The van der Waals surface area contributed by atoms with Crippen LogP contribution < -0.4 is 16.2 Å². The molecule has 4 amide bonds. The van der Waals surface area contributed by atoms with E-state index in [9.17, 15) is 19.5 Å². The Labute approximate surface area is 274 Å². The van der Waals surface area contributed by atoms with Crippen LogP contribution in [-0.2, 0) is 22.4 Å². The summed E-state index contributed by atoms with van der Waals surface area (Å²) in [5, 5.41) is 13.4. The van der Waals surface area contributed by atoms with Gasteiger partial charge in [-0.25, -0.2) is 9.59 Å². The summed E-state index contributed by atoms with van der Waals surface area (Å²) in [4.78, 5) is 48.7. The van der Waals surface area contributed by atoms with Crippen molar-refractivity contribution < 1.29 is 24.2 Å². The van der Waals surface area contributed by atoms with Crippen LogP contribution in [0.3, 0.4) is 0 Å². The fourth-order valence-corrected chi connectivity index (χ4v) is 7.79. The average molecular weight is 627 g/mol. The number of rotatable bonds is 6. The van der Waals surface area contributed by atoms with E-state index in [1.807, 2.05) is 61.9 Å². The van der Waals surface area contributed by atoms with Crippen molar-refractivity contribution in [2.24, 2.45) is 0 Å². The molecular weight excluding hydrogens is 580 g/mol. The maximum Gasteiger partial charge on any atom is 0.410 e. The summed E-state index contributed by atoms with van der Waals surface area (Å²) in [6, 6.07) is 12.1. The molecule has 10 nitrogen and oxygen atoms in total. The Balaban J connectivity index is 1.09. The zero-order valence-electron chi connectivity index (χ0n) is 27.4. The smallest absolute Gasteiger partial charge is 0.410 e. The molecule has 4 heterocycles. The molecule has 2 aromatic rings. The van der Waals surface area contributed by atoms with E-state index < -0.39 is 12.2 Å². The number of ether oxygens (including phenoxy) is 1. The van der Waals surface area contributed by atoms with Crippen LogP contribution in [0.25, 0.3) is 0 Å². The second kappa shape index (κ2) is 14.4. The Bertz CT molecular complexity index is 1400. The van der Waals surface area contributed by atoms with Crippen LogP contribution >= 0.6 is 0 Å². The fourth-order valence-electron chi connectivity index (χ4n) is 7.79. The number of nitrogens with zero attached hydrogens (tertiary/aromatic N) is 4. The number of phenols is 1. The minimum absolute atomic E-state index is 0.0277. The van der Waals surface area contributed by atoms with Crippen molar-refractivity contribution in [2.75, 3.05) is 51.1 Å². The van der Waals surface area contributed by atoms with Gasteiger partial charge in [-0.3, -0.25) is 4.79 Å². The van der Waals surface area contributed by atoms with Gasteiger partial charge in [-0.05, 0) is 86.2 Å². The molecular formula is C34H47B2N5O5. The maximum atomic E-state index is 14.0. The lowest BCUT2D eigenvalue weighted by Crippen LogP contribution is -2.53. The summed E-state index contributed by atoms with van der Waals surface area (Å²) in [6.07, 6.45) is 6.58. The molecule has 244 valence electrons. The van der Waals surface area contributed by atoms with Gasteiger partial charge in [0.05, 0.1) is 0 Å². The number of hydrogen-bond donors (Lipinski definition) is 2. The highest BCUT2D eigenvalue weighted by atomic mass is 16.6. The molecule has 0 aliphatic carbocycles. The first-order valence-electron chi connectivity index (χ1n) is 17.2. The number of aromatic hydroxyl groups is 1. The number of urea groups is 1. The van der Waals surface area contributed by atoms with E-state index in [0.29, 0.717) is 51.6 Å². The Morgan fingerprint density at radius 1 is 0.870 bits per heavy atom. The average Bonchev–Trinajstić information content (AvgIpc) is 3.25. The van der Waals surface area contributed by atoms with Crippen molar-refractivity contribution in [1.82, 2.24) is 19.6 Å². The fraction of sp³-hybridized carbons (Fsp3) is 0.559. The van der Waals surface area contributed by atoms with E-state index in [1.165, 1.54) is 19.3 Å². The predicted octanol–water partition coefficient (Wildman–Crippen LogP) is 0.988. The number of nitrogens with one attached hydrogen (secondary N) is 1. The van der Waals surface area contributed by atoms with Crippen LogP contribution in [0.4, 0.5) is 15.3 Å². The molecule has 4 aliphatic heterocycles. The third-order valence-electron chi connectivity index (χ3n) is 10.5. The molecule has 3 saturated heterocycles. The molecule has 2 aromatic carbocycles. The van der Waals surface area contributed by atoms with Crippen molar-refractivity contribution in [1.29, 1.82) is 0 Å². The molecule has 12 heteroatoms. The van der Waals surface area contributed by atoms with Gasteiger partial charge in [0.15, 0.2) is 6.10 Å². The van der Waals surface area contributed by atoms with Crippen molar-refractivity contribution in [3.8, 4) is 5.75 Å². The summed E-state index contributed by atoms with van der Waals surface area (Å²) < 4.78 is 6.06. The van der Waals surface area contributed by atoms with E-state index >= 15 is 0 Å². The molecule has 4 aliphatic rings. The number of benzene rings is 2. The highest BCUT2D eigenvalue weighted by Gasteiger charge is 2.36. The number of anilines is 1. The number of fused-ring (bicyclic) bond motifs is 1. The Kier molecular flexibility index (Phi) is 10.1. The number of amides is 4. The summed E-state index contributed by atoms with van der Waals surface area (Å²) in [5.74, 6) is 0.0952. The van der Waals surface area contributed by atoms with E-state index in [0.717, 1.165) is 60.1 Å². The highest BCUT2D eigenvalue weighted by molar-refractivity contribution is 6.41. The van der Waals surface area contributed by atoms with Crippen LogP contribution in [-0.4, -0.2) is 122 Å². The lowest BCUT2D eigenvalue weighted by molar-refractivity contribution is -0.142. The Morgan fingerprint density at radius 3 is 2.20 bits per heavy atom. The zero-order valence-corrected chi connectivity index (χ0v) is 27.4. The van der Waals surface area contributed by atoms with E-state index in [4.69, 9.17) is 4.74 Å². The van der Waals surface area contributed by atoms with Crippen molar-refractivity contribution in [3.63, 3.8) is 0 Å². The van der Waals surface area contributed by atoms with Gasteiger partial charge >= 0.3 is 12.1 Å². The first-order valence-corrected chi connectivity index (χ1v) is 17.2. The largest absolute Gasteiger partial charge is 0.509 e. The summed E-state index contributed by atoms with van der Waals surface area (Å²) in [5.41, 5.74) is 4.32. The third-order valence-corrected chi connectivity index (χ3v) is 10.5. The topological polar surface area (TPSA) is 106 Å². The molecule has 3 fully saturated rings. The minimum Gasteiger partial charge on any atom is -0.509 e. The van der Waals surface area contributed by atoms with E-state index in [2.05, 4.69) is 10.2 Å². The van der Waals surface area contributed by atoms with Gasteiger partial charge in [0.2, 0.25) is 0 Å². The molecule has 0 spiro atoms. The lowest BCUT2D eigenvalue weighted by Gasteiger charge is -2.41. The van der Waals surface area contributed by atoms with Gasteiger partial charge in [0.25, 0.3) is 5.91 Å². The standard InChI is InChI=1S/C34H47B2N5O5/c35-27-20-23(21-28(36)31(27)42)22-30(32(43)39-15-9-25(10-16-39)38-13-4-1-5-14-38)46-34(45)40-17-11-26(12-18-40)41-19-8-24-6-2-3-7-29(24)37-33(41)44/h2-3,6-7,20-21,25-26,30,42H,1,4-5,8-19,22,35-36H2,(H,37,44)/t30-/m1/s1. The molecule has 46 heavy (non-hydrogen) atoms. The molecule has 6 rings (SSSR count). The number of likely N-dealkylation sites (tertiary alicyclic amines) is 3. The first kappa shape index (κ1) is 32.3. The van der Waals surface area contributed by atoms with Gasteiger partial charge in [0, 0.05) is 56.9 Å². The van der Waals surface area contributed by atoms with Crippen LogP contribution in [0.2, 0.25) is 0 Å². The normalized spacial score (nSPS) is 20.9. The number of carbonyl (C=O) groups is 3. The minimum atomic E-state index is -0.949. The monoisotopic (exact) mass is 627 g/mol. The van der Waals surface area contributed by atoms with Gasteiger partial charge in [0.1, 0.15) is 21.4 Å². The maximum absolute atomic E-state index is 14.0. The number of carbonyl (C=O) groups excluding carboxylic acids is 3. The molecule has 0 radical (unpaired) electrons. The molecule has 0 saturated carbocycles. The number of hydrogen-bond acceptors (Lipinski definition) is 6. The molecule has 0 unspecified atom stereocenters. The van der Waals surface area contributed by atoms with Gasteiger partial charge in [-0.1, -0.05) is 36.8 Å². The highest BCUT2D eigenvalue weighted by Crippen LogP contribution is 2.26.